The predicted molar refractivity (Wildman–Crippen MR) is 74.6 cm³/mol. The van der Waals surface area contributed by atoms with Gasteiger partial charge in [-0.05, 0) is 31.7 Å². The average Bonchev–Trinajstić information content (AvgIpc) is 2.67. The van der Waals surface area contributed by atoms with Crippen molar-refractivity contribution in [2.45, 2.75) is 38.6 Å². The molecule has 1 unspecified atom stereocenters. The van der Waals surface area contributed by atoms with Gasteiger partial charge in [0.15, 0.2) is 0 Å². The number of hydrogen-bond donors (Lipinski definition) is 1. The number of nitrogens with one attached hydrogen (secondary N) is 1. The van der Waals surface area contributed by atoms with Gasteiger partial charge in [0.25, 0.3) is 5.69 Å². The predicted octanol–water partition coefficient (Wildman–Crippen LogP) is 3.14. The molecule has 0 radical (unpaired) electrons. The summed E-state index contributed by atoms with van der Waals surface area (Å²) in [4.78, 5) is 10.7. The molecule has 2 rings (SSSR count). The molecule has 1 aliphatic rings. The lowest BCUT2D eigenvalue weighted by Crippen LogP contribution is -2.19. The molecule has 0 aliphatic carbocycles. The number of rotatable bonds is 4. The third kappa shape index (κ3) is 3.67. The summed E-state index contributed by atoms with van der Waals surface area (Å²) < 4.78 is 5.41. The zero-order valence-corrected chi connectivity index (χ0v) is 11.2. The fraction of sp³-hybridized carbons (Fsp3) is 0.571. The lowest BCUT2D eigenvalue weighted by Gasteiger charge is -2.17. The molecule has 0 spiro atoms. The Morgan fingerprint density at radius 3 is 3.00 bits per heavy atom. The highest BCUT2D eigenvalue weighted by Gasteiger charge is 2.16. The molecular formula is C14H20N2O3. The number of nitrogens with zero attached hydrogens (tertiary/aromatic N) is 1. The first-order valence-electron chi connectivity index (χ1n) is 6.82. The summed E-state index contributed by atoms with van der Waals surface area (Å²) in [5.41, 5.74) is 1.81. The number of hydrogen-bond acceptors (Lipinski definition) is 4. The molecule has 0 saturated carbocycles. The van der Waals surface area contributed by atoms with E-state index in [9.17, 15) is 10.1 Å². The van der Waals surface area contributed by atoms with Crippen LogP contribution in [0, 0.1) is 10.1 Å². The van der Waals surface area contributed by atoms with Crippen LogP contribution in [-0.2, 0) is 11.2 Å². The number of nitro benzene ring substituents is 1. The molecule has 104 valence electrons. The summed E-state index contributed by atoms with van der Waals surface area (Å²) in [6, 6.07) is 5.75. The van der Waals surface area contributed by atoms with Crippen molar-refractivity contribution < 1.29 is 9.66 Å². The standard InChI is InChI=1S/C14H20N2O3/c1-2-11-5-6-13(10-14(11)16(17)18)15-12-4-3-8-19-9-7-12/h5-6,10,12,15H,2-4,7-9H2,1H3. The van der Waals surface area contributed by atoms with Crippen molar-refractivity contribution >= 4 is 11.4 Å². The van der Waals surface area contributed by atoms with Crippen LogP contribution in [0.25, 0.3) is 0 Å². The Bertz CT molecular complexity index is 440. The molecule has 19 heavy (non-hydrogen) atoms. The molecule has 1 N–H and O–H groups in total. The van der Waals surface area contributed by atoms with Crippen molar-refractivity contribution in [3.05, 3.63) is 33.9 Å². The van der Waals surface area contributed by atoms with Gasteiger partial charge in [0.2, 0.25) is 0 Å². The van der Waals surface area contributed by atoms with Gasteiger partial charge in [-0.25, -0.2) is 0 Å². The Morgan fingerprint density at radius 1 is 1.42 bits per heavy atom. The first-order valence-corrected chi connectivity index (χ1v) is 6.82. The number of ether oxygens (including phenoxy) is 1. The van der Waals surface area contributed by atoms with Crippen molar-refractivity contribution in [2.24, 2.45) is 0 Å². The van der Waals surface area contributed by atoms with E-state index in [4.69, 9.17) is 4.74 Å². The number of anilines is 1. The van der Waals surface area contributed by atoms with Crippen LogP contribution in [0.2, 0.25) is 0 Å². The molecule has 1 aliphatic heterocycles. The van der Waals surface area contributed by atoms with E-state index in [1.54, 1.807) is 6.07 Å². The third-order valence-corrected chi connectivity index (χ3v) is 3.49. The van der Waals surface area contributed by atoms with Gasteiger partial charge in [-0.3, -0.25) is 10.1 Å². The van der Waals surface area contributed by atoms with E-state index in [0.717, 1.165) is 43.7 Å². The Morgan fingerprint density at radius 2 is 2.26 bits per heavy atom. The van der Waals surface area contributed by atoms with E-state index in [2.05, 4.69) is 5.32 Å². The maximum atomic E-state index is 11.0. The molecule has 1 fully saturated rings. The van der Waals surface area contributed by atoms with E-state index in [1.165, 1.54) is 0 Å². The topological polar surface area (TPSA) is 64.4 Å². The van der Waals surface area contributed by atoms with Crippen LogP contribution < -0.4 is 5.32 Å². The van der Waals surface area contributed by atoms with Gasteiger partial charge in [0.05, 0.1) is 4.92 Å². The molecule has 1 aromatic rings. The SMILES string of the molecule is CCc1ccc(NC2CCCOCC2)cc1[N+](=O)[O-]. The monoisotopic (exact) mass is 264 g/mol. The summed E-state index contributed by atoms with van der Waals surface area (Å²) in [6.45, 7) is 3.50. The average molecular weight is 264 g/mol. The molecule has 5 heteroatoms. The molecule has 1 aromatic carbocycles. The molecule has 1 heterocycles. The fourth-order valence-corrected chi connectivity index (χ4v) is 2.41. The molecule has 1 atom stereocenters. The molecule has 0 bridgehead atoms. The minimum atomic E-state index is -0.305. The normalized spacial score (nSPS) is 19.7. The smallest absolute Gasteiger partial charge is 0.274 e. The quantitative estimate of drug-likeness (QED) is 0.670. The summed E-state index contributed by atoms with van der Waals surface area (Å²) in [6.07, 6.45) is 3.70. The van der Waals surface area contributed by atoms with Crippen LogP contribution in [0.5, 0.6) is 0 Å². The zero-order chi connectivity index (χ0) is 13.7. The lowest BCUT2D eigenvalue weighted by molar-refractivity contribution is -0.385. The second-order valence-corrected chi connectivity index (χ2v) is 4.84. The van der Waals surface area contributed by atoms with E-state index in [1.807, 2.05) is 19.1 Å². The highest BCUT2D eigenvalue weighted by atomic mass is 16.6. The molecule has 5 nitrogen and oxygen atoms in total. The highest BCUT2D eigenvalue weighted by Crippen LogP contribution is 2.25. The van der Waals surface area contributed by atoms with Crippen molar-refractivity contribution in [1.82, 2.24) is 0 Å². The summed E-state index contributed by atoms with van der Waals surface area (Å²) in [5, 5.41) is 14.4. The summed E-state index contributed by atoms with van der Waals surface area (Å²) in [7, 11) is 0. The van der Waals surface area contributed by atoms with Crippen LogP contribution in [-0.4, -0.2) is 24.2 Å². The first-order chi connectivity index (χ1) is 9.20. The van der Waals surface area contributed by atoms with Gasteiger partial charge in [0.1, 0.15) is 0 Å². The maximum Gasteiger partial charge on any atom is 0.274 e. The zero-order valence-electron chi connectivity index (χ0n) is 11.2. The van der Waals surface area contributed by atoms with Gasteiger partial charge in [-0.1, -0.05) is 13.0 Å². The van der Waals surface area contributed by atoms with Crippen molar-refractivity contribution in [3.63, 3.8) is 0 Å². The molecule has 0 amide bonds. The highest BCUT2D eigenvalue weighted by molar-refractivity contribution is 5.55. The van der Waals surface area contributed by atoms with Crippen molar-refractivity contribution in [3.8, 4) is 0 Å². The molecular weight excluding hydrogens is 244 g/mol. The minimum absolute atomic E-state index is 0.206. The molecule has 0 aromatic heterocycles. The lowest BCUT2D eigenvalue weighted by atomic mass is 10.1. The molecule has 1 saturated heterocycles. The van der Waals surface area contributed by atoms with Crippen molar-refractivity contribution in [1.29, 1.82) is 0 Å². The summed E-state index contributed by atoms with van der Waals surface area (Å²) >= 11 is 0. The Kier molecular flexibility index (Phi) is 4.74. The number of nitro groups is 1. The fourth-order valence-electron chi connectivity index (χ4n) is 2.41. The Labute approximate surface area is 113 Å². The van der Waals surface area contributed by atoms with Crippen molar-refractivity contribution in [2.75, 3.05) is 18.5 Å². The maximum absolute atomic E-state index is 11.0. The van der Waals surface area contributed by atoms with Crippen LogP contribution in [0.3, 0.4) is 0 Å². The van der Waals surface area contributed by atoms with E-state index < -0.39 is 0 Å². The second-order valence-electron chi connectivity index (χ2n) is 4.84. The van der Waals surface area contributed by atoms with Gasteiger partial charge in [0, 0.05) is 36.6 Å². The van der Waals surface area contributed by atoms with Crippen LogP contribution in [0.15, 0.2) is 18.2 Å². The van der Waals surface area contributed by atoms with Gasteiger partial charge in [-0.2, -0.15) is 0 Å². The minimum Gasteiger partial charge on any atom is -0.382 e. The first kappa shape index (κ1) is 13.8. The largest absolute Gasteiger partial charge is 0.382 e. The number of aryl methyl sites for hydroxylation is 1. The number of benzene rings is 1. The van der Waals surface area contributed by atoms with Gasteiger partial charge >= 0.3 is 0 Å². The van der Waals surface area contributed by atoms with Gasteiger partial charge in [-0.15, -0.1) is 0 Å². The Hall–Kier alpha value is -1.62. The van der Waals surface area contributed by atoms with E-state index >= 15 is 0 Å². The summed E-state index contributed by atoms with van der Waals surface area (Å²) in [5.74, 6) is 0. The van der Waals surface area contributed by atoms with E-state index in [0.29, 0.717) is 12.5 Å². The third-order valence-electron chi connectivity index (χ3n) is 3.49. The van der Waals surface area contributed by atoms with Gasteiger partial charge < -0.3 is 10.1 Å². The van der Waals surface area contributed by atoms with Crippen LogP contribution in [0.1, 0.15) is 31.7 Å². The van der Waals surface area contributed by atoms with E-state index in [-0.39, 0.29) is 10.6 Å². The van der Waals surface area contributed by atoms with Crippen LogP contribution >= 0.6 is 0 Å². The second kappa shape index (κ2) is 6.52. The van der Waals surface area contributed by atoms with Crippen LogP contribution in [0.4, 0.5) is 11.4 Å². The Balaban J connectivity index is 2.11.